The highest BCUT2D eigenvalue weighted by Crippen LogP contribution is 2.08. The Bertz CT molecular complexity index is 57.3. The van der Waals surface area contributed by atoms with Gasteiger partial charge in [-0.05, 0) is 27.6 Å². The summed E-state index contributed by atoms with van der Waals surface area (Å²) in [6.07, 6.45) is 2.07. The van der Waals surface area contributed by atoms with E-state index >= 15 is 0 Å². The lowest BCUT2D eigenvalue weighted by molar-refractivity contribution is 0.573. The second-order valence-corrected chi connectivity index (χ2v) is 1.96. The molecule has 0 aromatic carbocycles. The number of likely N-dealkylation sites (N-methyl/N-ethyl adjacent to an activating group) is 3. The minimum Gasteiger partial charge on any atom is -0.310 e. The minimum atomic E-state index is 1.01. The van der Waals surface area contributed by atoms with Crippen molar-refractivity contribution in [2.75, 3.05) is 21.1 Å². The second-order valence-electron chi connectivity index (χ2n) is 1.96. The highest BCUT2D eigenvalue weighted by atomic mass is 15.1. The lowest BCUT2D eigenvalue weighted by Crippen LogP contribution is -2.39. The maximum Gasteiger partial charge on any atom is 0.123 e. The Kier molecular flexibility index (Phi) is 5.58. The Morgan fingerprint density at radius 2 is 1.50 bits per heavy atom. The van der Waals surface area contributed by atoms with Crippen LogP contribution in [0, 0.1) is 12.2 Å². The van der Waals surface area contributed by atoms with Gasteiger partial charge < -0.3 is 5.32 Å². The predicted molar refractivity (Wildman–Crippen MR) is 44.0 cm³/mol. The average Bonchev–Trinajstić information content (AvgIpc) is 2.00. The van der Waals surface area contributed by atoms with Crippen LogP contribution in [0.5, 0.6) is 0 Å². The molecule has 10 heavy (non-hydrogen) atoms. The van der Waals surface area contributed by atoms with Crippen molar-refractivity contribution in [2.24, 2.45) is 0 Å². The van der Waals surface area contributed by atoms with Crippen LogP contribution in [0.4, 0.5) is 0 Å². The van der Waals surface area contributed by atoms with E-state index in [1.807, 2.05) is 21.1 Å². The Morgan fingerprint density at radius 1 is 1.00 bits per heavy atom. The van der Waals surface area contributed by atoms with Crippen molar-refractivity contribution in [1.82, 2.24) is 16.0 Å². The van der Waals surface area contributed by atoms with Gasteiger partial charge in [0, 0.05) is 0 Å². The molecule has 0 aliphatic rings. The van der Waals surface area contributed by atoms with Gasteiger partial charge in [0.2, 0.25) is 0 Å². The highest BCUT2D eigenvalue weighted by Gasteiger charge is 2.15. The van der Waals surface area contributed by atoms with E-state index in [1.54, 1.807) is 0 Å². The van der Waals surface area contributed by atoms with Gasteiger partial charge >= 0.3 is 0 Å². The summed E-state index contributed by atoms with van der Waals surface area (Å²) in [5, 5.41) is 9.23. The molecule has 0 fully saturated rings. The molecule has 0 spiro atoms. The van der Waals surface area contributed by atoms with Crippen LogP contribution < -0.4 is 16.0 Å². The average molecular weight is 143 g/mol. The maximum absolute atomic E-state index is 3.11. The SMILES string of the molecule is CC[C](NC)[C](NC)NC. The largest absolute Gasteiger partial charge is 0.310 e. The molecule has 0 aromatic heterocycles. The van der Waals surface area contributed by atoms with E-state index in [-0.39, 0.29) is 0 Å². The molecule has 0 aromatic rings. The molecule has 0 unspecified atom stereocenters. The van der Waals surface area contributed by atoms with Gasteiger partial charge in [0.25, 0.3) is 0 Å². The third kappa shape index (κ3) is 2.64. The lowest BCUT2D eigenvalue weighted by Gasteiger charge is -2.22. The van der Waals surface area contributed by atoms with Crippen molar-refractivity contribution in [1.29, 1.82) is 0 Å². The van der Waals surface area contributed by atoms with Crippen LogP contribution in [0.1, 0.15) is 13.3 Å². The van der Waals surface area contributed by atoms with Crippen molar-refractivity contribution >= 4 is 0 Å². The molecule has 0 saturated heterocycles. The Hall–Kier alpha value is -0.120. The summed E-state index contributed by atoms with van der Waals surface area (Å²) in [5.74, 6) is 0. The summed E-state index contributed by atoms with van der Waals surface area (Å²) >= 11 is 0. The summed E-state index contributed by atoms with van der Waals surface area (Å²) in [6.45, 7) is 2.11. The molecule has 0 aliphatic carbocycles. The molecule has 0 heterocycles. The van der Waals surface area contributed by atoms with Crippen LogP contribution in [-0.4, -0.2) is 21.1 Å². The molecule has 3 heteroatoms. The van der Waals surface area contributed by atoms with E-state index in [4.69, 9.17) is 0 Å². The fraction of sp³-hybridized carbons (Fsp3) is 0.714. The third-order valence-electron chi connectivity index (χ3n) is 1.46. The van der Waals surface area contributed by atoms with Crippen molar-refractivity contribution < 1.29 is 0 Å². The van der Waals surface area contributed by atoms with Crippen LogP contribution in [0.25, 0.3) is 0 Å². The monoisotopic (exact) mass is 143 g/mol. The minimum absolute atomic E-state index is 1.01. The van der Waals surface area contributed by atoms with E-state index < -0.39 is 0 Å². The van der Waals surface area contributed by atoms with Gasteiger partial charge in [-0.2, -0.15) is 0 Å². The summed E-state index contributed by atoms with van der Waals surface area (Å²) in [7, 11) is 5.73. The van der Waals surface area contributed by atoms with E-state index in [0.29, 0.717) is 0 Å². The summed E-state index contributed by atoms with van der Waals surface area (Å²) in [4.78, 5) is 0. The number of hydrogen-bond acceptors (Lipinski definition) is 3. The highest BCUT2D eigenvalue weighted by molar-refractivity contribution is 5.08. The lowest BCUT2D eigenvalue weighted by atomic mass is 10.2. The zero-order chi connectivity index (χ0) is 7.98. The number of nitrogens with one attached hydrogen (secondary N) is 3. The maximum atomic E-state index is 3.11. The van der Waals surface area contributed by atoms with Crippen LogP contribution in [0.2, 0.25) is 0 Å². The third-order valence-corrected chi connectivity index (χ3v) is 1.46. The van der Waals surface area contributed by atoms with Crippen LogP contribution in [-0.2, 0) is 0 Å². The Labute approximate surface area is 63.6 Å². The molecule has 60 valence electrons. The quantitative estimate of drug-likeness (QED) is 0.510. The molecule has 3 N–H and O–H groups in total. The number of hydrogen-bond donors (Lipinski definition) is 3. The van der Waals surface area contributed by atoms with Gasteiger partial charge in [-0.3, -0.25) is 10.6 Å². The molecular weight excluding hydrogens is 126 g/mol. The number of rotatable bonds is 5. The summed E-state index contributed by atoms with van der Waals surface area (Å²) in [5.41, 5.74) is 0. The van der Waals surface area contributed by atoms with Crippen molar-refractivity contribution in [3.63, 3.8) is 0 Å². The van der Waals surface area contributed by atoms with Gasteiger partial charge in [0.1, 0.15) is 6.17 Å². The van der Waals surface area contributed by atoms with E-state index in [0.717, 1.165) is 12.6 Å². The van der Waals surface area contributed by atoms with E-state index in [9.17, 15) is 0 Å². The second kappa shape index (κ2) is 5.65. The molecule has 3 nitrogen and oxygen atoms in total. The Morgan fingerprint density at radius 3 is 1.60 bits per heavy atom. The zero-order valence-electron chi connectivity index (χ0n) is 7.21. The standard InChI is InChI=1S/C7H17N3/c1-5-6(8-2)7(9-3)10-4/h8-10H,5H2,1-4H3. The molecule has 0 atom stereocenters. The molecule has 0 rings (SSSR count). The Balaban J connectivity index is 3.70. The van der Waals surface area contributed by atoms with Crippen molar-refractivity contribution in [3.05, 3.63) is 12.2 Å². The summed E-state index contributed by atoms with van der Waals surface area (Å²) in [6, 6.07) is 1.20. The summed E-state index contributed by atoms with van der Waals surface area (Å²) < 4.78 is 0. The van der Waals surface area contributed by atoms with Gasteiger partial charge in [-0.25, -0.2) is 0 Å². The smallest absolute Gasteiger partial charge is 0.123 e. The topological polar surface area (TPSA) is 36.1 Å². The van der Waals surface area contributed by atoms with Crippen molar-refractivity contribution in [2.45, 2.75) is 13.3 Å². The van der Waals surface area contributed by atoms with E-state index in [2.05, 4.69) is 22.9 Å². The fourth-order valence-corrected chi connectivity index (χ4v) is 0.905. The molecule has 0 amide bonds. The molecular formula is C7H17N3. The first-order valence-electron chi connectivity index (χ1n) is 3.56. The first-order chi connectivity index (χ1) is 4.79. The van der Waals surface area contributed by atoms with E-state index in [1.165, 1.54) is 6.04 Å². The van der Waals surface area contributed by atoms with Gasteiger partial charge in [0.05, 0.1) is 6.04 Å². The normalized spacial score (nSPS) is 11.4. The predicted octanol–water partition coefficient (Wildman–Crippen LogP) is 0.0761. The van der Waals surface area contributed by atoms with Crippen LogP contribution in [0.3, 0.4) is 0 Å². The fourth-order valence-electron chi connectivity index (χ4n) is 0.905. The van der Waals surface area contributed by atoms with Gasteiger partial charge in [-0.1, -0.05) is 6.92 Å². The molecule has 0 saturated carbocycles. The first kappa shape index (κ1) is 9.88. The van der Waals surface area contributed by atoms with Crippen LogP contribution in [0.15, 0.2) is 0 Å². The van der Waals surface area contributed by atoms with Gasteiger partial charge in [-0.15, -0.1) is 0 Å². The van der Waals surface area contributed by atoms with Gasteiger partial charge in [0.15, 0.2) is 0 Å². The van der Waals surface area contributed by atoms with Crippen LogP contribution >= 0.6 is 0 Å². The zero-order valence-corrected chi connectivity index (χ0v) is 7.21. The molecule has 0 aliphatic heterocycles. The first-order valence-corrected chi connectivity index (χ1v) is 3.56. The molecule has 2 radical (unpaired) electrons. The van der Waals surface area contributed by atoms with Crippen molar-refractivity contribution in [3.8, 4) is 0 Å². The molecule has 0 bridgehead atoms.